The van der Waals surface area contributed by atoms with E-state index in [4.69, 9.17) is 0 Å². The van der Waals surface area contributed by atoms with E-state index >= 15 is 0 Å². The summed E-state index contributed by atoms with van der Waals surface area (Å²) in [7, 11) is 4.03. The largest absolute Gasteiger partial charge is 0.311 e. The lowest BCUT2D eigenvalue weighted by molar-refractivity contribution is 0.418. The Morgan fingerprint density at radius 3 is 2.60 bits per heavy atom. The smallest absolute Gasteiger partial charge is 0.0695 e. The summed E-state index contributed by atoms with van der Waals surface area (Å²) in [6.07, 6.45) is 3.16. The highest BCUT2D eigenvalue weighted by atomic mass is 79.9. The van der Waals surface area contributed by atoms with Crippen LogP contribution >= 0.6 is 15.9 Å². The first-order valence-electron chi connectivity index (χ1n) is 5.32. The molecule has 84 valence electrons. The second-order valence-corrected chi connectivity index (χ2v) is 5.92. The highest BCUT2D eigenvalue weighted by Gasteiger charge is 2.51. The molecule has 0 aromatic carbocycles. The summed E-state index contributed by atoms with van der Waals surface area (Å²) in [5.41, 5.74) is 1.73. The first-order valence-corrected chi connectivity index (χ1v) is 6.11. The third-order valence-corrected chi connectivity index (χ3v) is 4.15. The minimum Gasteiger partial charge on any atom is -0.311 e. The summed E-state index contributed by atoms with van der Waals surface area (Å²) in [4.78, 5) is 0. The average molecular weight is 272 g/mol. The van der Waals surface area contributed by atoms with Crippen molar-refractivity contribution in [1.29, 1.82) is 0 Å². The van der Waals surface area contributed by atoms with Gasteiger partial charge in [-0.25, -0.2) is 0 Å². The van der Waals surface area contributed by atoms with Gasteiger partial charge in [0.15, 0.2) is 0 Å². The van der Waals surface area contributed by atoms with Gasteiger partial charge in [0.25, 0.3) is 0 Å². The Hall–Kier alpha value is -0.350. The van der Waals surface area contributed by atoms with Crippen LogP contribution < -0.4 is 5.32 Å². The number of halogens is 1. The van der Waals surface area contributed by atoms with E-state index < -0.39 is 0 Å². The molecule has 2 rings (SSSR count). The minimum absolute atomic E-state index is 0.405. The number of aromatic nitrogens is 2. The summed E-state index contributed by atoms with van der Waals surface area (Å²) in [5, 5.41) is 7.69. The van der Waals surface area contributed by atoms with Crippen LogP contribution in [0, 0.1) is 11.3 Å². The summed E-state index contributed by atoms with van der Waals surface area (Å²) in [5.74, 6) is 0.717. The summed E-state index contributed by atoms with van der Waals surface area (Å²) >= 11 is 3.57. The molecule has 4 heteroatoms. The number of hydrogen-bond donors (Lipinski definition) is 1. The molecule has 15 heavy (non-hydrogen) atoms. The molecule has 0 radical (unpaired) electrons. The van der Waals surface area contributed by atoms with E-state index in [1.165, 1.54) is 12.1 Å². The van der Waals surface area contributed by atoms with E-state index in [-0.39, 0.29) is 0 Å². The Kier molecular flexibility index (Phi) is 2.67. The molecule has 0 amide bonds. The maximum absolute atomic E-state index is 4.27. The molecule has 1 N–H and O–H groups in total. The SMILES string of the molecule is CNC(c1c(Br)cnn1C)C1CC1(C)C. The van der Waals surface area contributed by atoms with Crippen molar-refractivity contribution in [3.8, 4) is 0 Å². The van der Waals surface area contributed by atoms with Crippen LogP contribution in [0.3, 0.4) is 0 Å². The third kappa shape index (κ3) is 1.85. The number of nitrogens with zero attached hydrogens (tertiary/aromatic N) is 2. The van der Waals surface area contributed by atoms with Gasteiger partial charge in [-0.3, -0.25) is 4.68 Å². The van der Waals surface area contributed by atoms with Crippen molar-refractivity contribution in [3.63, 3.8) is 0 Å². The van der Waals surface area contributed by atoms with E-state index in [1.54, 1.807) is 0 Å². The Balaban J connectivity index is 2.28. The zero-order chi connectivity index (χ0) is 11.2. The number of rotatable bonds is 3. The molecule has 1 aliphatic rings. The highest BCUT2D eigenvalue weighted by Crippen LogP contribution is 2.58. The first-order chi connectivity index (χ1) is 6.97. The fourth-order valence-electron chi connectivity index (χ4n) is 2.38. The third-order valence-electron chi connectivity index (χ3n) is 3.54. The fraction of sp³-hybridized carbons (Fsp3) is 0.727. The molecule has 0 saturated heterocycles. The van der Waals surface area contributed by atoms with Gasteiger partial charge in [0.05, 0.1) is 22.4 Å². The Morgan fingerprint density at radius 1 is 1.67 bits per heavy atom. The van der Waals surface area contributed by atoms with Gasteiger partial charge in [-0.1, -0.05) is 13.8 Å². The minimum atomic E-state index is 0.405. The summed E-state index contributed by atoms with van der Waals surface area (Å²) in [6, 6.07) is 0.405. The fourth-order valence-corrected chi connectivity index (χ4v) is 2.97. The van der Waals surface area contributed by atoms with Crippen molar-refractivity contribution < 1.29 is 0 Å². The van der Waals surface area contributed by atoms with E-state index in [1.807, 2.05) is 25.0 Å². The van der Waals surface area contributed by atoms with Gasteiger partial charge in [-0.2, -0.15) is 5.10 Å². The molecule has 1 aromatic rings. The molecule has 1 saturated carbocycles. The Bertz CT molecular complexity index is 350. The van der Waals surface area contributed by atoms with Crippen LogP contribution in [-0.2, 0) is 7.05 Å². The van der Waals surface area contributed by atoms with Crippen molar-refractivity contribution in [2.75, 3.05) is 7.05 Å². The van der Waals surface area contributed by atoms with E-state index in [9.17, 15) is 0 Å². The zero-order valence-corrected chi connectivity index (χ0v) is 11.3. The average Bonchev–Trinajstić information content (AvgIpc) is 2.66. The van der Waals surface area contributed by atoms with Crippen molar-refractivity contribution in [1.82, 2.24) is 15.1 Å². The molecule has 0 spiro atoms. The zero-order valence-electron chi connectivity index (χ0n) is 9.71. The molecule has 0 bridgehead atoms. The molecule has 1 fully saturated rings. The quantitative estimate of drug-likeness (QED) is 0.916. The van der Waals surface area contributed by atoms with E-state index in [0.29, 0.717) is 17.4 Å². The van der Waals surface area contributed by atoms with Crippen LogP contribution in [0.2, 0.25) is 0 Å². The van der Waals surface area contributed by atoms with Crippen molar-refractivity contribution in [2.24, 2.45) is 18.4 Å². The van der Waals surface area contributed by atoms with Gasteiger partial charge in [0.2, 0.25) is 0 Å². The normalized spacial score (nSPS) is 25.3. The van der Waals surface area contributed by atoms with Crippen LogP contribution in [0.15, 0.2) is 10.7 Å². The van der Waals surface area contributed by atoms with Crippen molar-refractivity contribution in [2.45, 2.75) is 26.3 Å². The molecular formula is C11H18BrN3. The predicted octanol–water partition coefficient (Wildman–Crippen LogP) is 2.49. The summed E-state index contributed by atoms with van der Waals surface area (Å²) in [6.45, 7) is 4.65. The monoisotopic (exact) mass is 271 g/mol. The van der Waals surface area contributed by atoms with Crippen LogP contribution in [0.5, 0.6) is 0 Å². The first kappa shape index (κ1) is 11.1. The second kappa shape index (κ2) is 3.59. The van der Waals surface area contributed by atoms with Crippen LogP contribution in [0.25, 0.3) is 0 Å². The Morgan fingerprint density at radius 2 is 2.27 bits per heavy atom. The van der Waals surface area contributed by atoms with E-state index in [2.05, 4.69) is 40.2 Å². The molecule has 0 aliphatic heterocycles. The van der Waals surface area contributed by atoms with Gasteiger partial charge < -0.3 is 5.32 Å². The topological polar surface area (TPSA) is 29.9 Å². The molecule has 3 nitrogen and oxygen atoms in total. The predicted molar refractivity (Wildman–Crippen MR) is 64.6 cm³/mol. The lowest BCUT2D eigenvalue weighted by Crippen LogP contribution is -2.23. The van der Waals surface area contributed by atoms with Crippen molar-refractivity contribution >= 4 is 15.9 Å². The lowest BCUT2D eigenvalue weighted by atomic mass is 10.0. The van der Waals surface area contributed by atoms with Gasteiger partial charge in [0, 0.05) is 7.05 Å². The maximum Gasteiger partial charge on any atom is 0.0695 e. The summed E-state index contributed by atoms with van der Waals surface area (Å²) < 4.78 is 3.06. The Labute approximate surface area is 99.4 Å². The van der Waals surface area contributed by atoms with Gasteiger partial charge >= 0.3 is 0 Å². The maximum atomic E-state index is 4.27. The lowest BCUT2D eigenvalue weighted by Gasteiger charge is -2.19. The van der Waals surface area contributed by atoms with E-state index in [0.717, 1.165) is 4.47 Å². The van der Waals surface area contributed by atoms with Crippen molar-refractivity contribution in [3.05, 3.63) is 16.4 Å². The van der Waals surface area contributed by atoms with Gasteiger partial charge in [-0.05, 0) is 40.7 Å². The highest BCUT2D eigenvalue weighted by molar-refractivity contribution is 9.10. The number of nitrogens with one attached hydrogen (secondary N) is 1. The van der Waals surface area contributed by atoms with Crippen LogP contribution in [-0.4, -0.2) is 16.8 Å². The molecule has 2 atom stereocenters. The standard InChI is InChI=1S/C11H18BrN3/c1-11(2)5-7(11)9(13-3)10-8(12)6-14-15(10)4/h6-7,9,13H,5H2,1-4H3. The number of hydrogen-bond acceptors (Lipinski definition) is 2. The van der Waals surface area contributed by atoms with Gasteiger partial charge in [0.1, 0.15) is 0 Å². The van der Waals surface area contributed by atoms with Crippen LogP contribution in [0.4, 0.5) is 0 Å². The molecule has 1 heterocycles. The van der Waals surface area contributed by atoms with Crippen LogP contribution in [0.1, 0.15) is 32.0 Å². The second-order valence-electron chi connectivity index (χ2n) is 5.07. The van der Waals surface area contributed by atoms with Gasteiger partial charge in [-0.15, -0.1) is 0 Å². The molecule has 1 aliphatic carbocycles. The molecule has 2 unspecified atom stereocenters. The number of aryl methyl sites for hydroxylation is 1. The molecular weight excluding hydrogens is 254 g/mol. The molecule has 1 aromatic heterocycles.